The molecular weight excluding hydrogens is 645 g/mol. The first-order valence-electron chi connectivity index (χ1n) is 18.1. The molecule has 0 aliphatic carbocycles. The molecule has 0 N–H and O–H groups in total. The van der Waals surface area contributed by atoms with Gasteiger partial charge in [0, 0.05) is 61.7 Å². The lowest BCUT2D eigenvalue weighted by atomic mass is 9.94. The number of fused-ring (bicyclic) bond motifs is 10. The summed E-state index contributed by atoms with van der Waals surface area (Å²) in [6, 6.07) is 67.5. The minimum absolute atomic E-state index is 0.929. The van der Waals surface area contributed by atoms with E-state index in [-0.39, 0.29) is 0 Å². The number of hydrogen-bond acceptors (Lipinski definition) is 2. The summed E-state index contributed by atoms with van der Waals surface area (Å²) in [5, 5.41) is 3.66. The molecule has 4 heterocycles. The molecule has 53 heavy (non-hydrogen) atoms. The highest BCUT2D eigenvalue weighted by molar-refractivity contribution is 6.17. The number of anilines is 3. The van der Waals surface area contributed by atoms with Crippen molar-refractivity contribution in [3.05, 3.63) is 194 Å². The molecule has 0 saturated carbocycles. The summed E-state index contributed by atoms with van der Waals surface area (Å²) >= 11 is 0. The number of pyridine rings is 1. The van der Waals surface area contributed by atoms with Crippen LogP contribution in [-0.4, -0.2) is 14.1 Å². The first-order valence-corrected chi connectivity index (χ1v) is 18.1. The first kappa shape index (κ1) is 29.5. The minimum atomic E-state index is 0.929. The van der Waals surface area contributed by atoms with E-state index in [9.17, 15) is 0 Å². The Labute approximate surface area is 307 Å². The molecule has 0 amide bonds. The van der Waals surface area contributed by atoms with Crippen molar-refractivity contribution in [3.63, 3.8) is 0 Å². The van der Waals surface area contributed by atoms with Crippen molar-refractivity contribution in [1.29, 1.82) is 0 Å². The van der Waals surface area contributed by atoms with Gasteiger partial charge in [-0.1, -0.05) is 121 Å². The van der Waals surface area contributed by atoms with Crippen molar-refractivity contribution in [3.8, 4) is 45.0 Å². The zero-order chi connectivity index (χ0) is 34.9. The van der Waals surface area contributed by atoms with E-state index in [1.54, 1.807) is 0 Å². The second-order valence-electron chi connectivity index (χ2n) is 13.6. The Balaban J connectivity index is 1.26. The topological polar surface area (TPSA) is 26.0 Å². The number of para-hydroxylation sites is 6. The molecule has 0 radical (unpaired) electrons. The predicted molar refractivity (Wildman–Crippen MR) is 220 cm³/mol. The fourth-order valence-electron chi connectivity index (χ4n) is 8.56. The van der Waals surface area contributed by atoms with E-state index in [1.165, 1.54) is 49.6 Å². The lowest BCUT2D eigenvalue weighted by Gasteiger charge is -2.27. The summed E-state index contributed by atoms with van der Waals surface area (Å²) in [4.78, 5) is 7.53. The Kier molecular flexibility index (Phi) is 6.52. The summed E-state index contributed by atoms with van der Waals surface area (Å²) in [6.07, 6.45) is 1.96. The molecule has 0 bridgehead atoms. The Hall–Kier alpha value is -7.17. The zero-order valence-electron chi connectivity index (χ0n) is 28.8. The van der Waals surface area contributed by atoms with Crippen LogP contribution in [0.15, 0.2) is 194 Å². The minimum Gasteiger partial charge on any atom is -0.309 e. The van der Waals surface area contributed by atoms with Gasteiger partial charge in [0.2, 0.25) is 0 Å². The normalized spacial score (nSPS) is 12.1. The number of rotatable bonds is 4. The molecule has 11 rings (SSSR count). The highest BCUT2D eigenvalue weighted by Gasteiger charge is 2.32. The summed E-state index contributed by atoms with van der Waals surface area (Å²) in [5.74, 6) is 0. The van der Waals surface area contributed by atoms with Crippen LogP contribution in [0.5, 0.6) is 0 Å². The molecule has 0 unspecified atom stereocenters. The van der Waals surface area contributed by atoms with Crippen LogP contribution in [0.4, 0.5) is 17.1 Å². The Bertz CT molecular complexity index is 2950. The van der Waals surface area contributed by atoms with Crippen molar-refractivity contribution >= 4 is 49.8 Å². The molecular formula is C49H32N4. The number of benzene rings is 7. The van der Waals surface area contributed by atoms with Gasteiger partial charge in [-0.3, -0.25) is 4.98 Å². The summed E-state index contributed by atoms with van der Waals surface area (Å²) in [5.41, 5.74) is 15.8. The predicted octanol–water partition coefficient (Wildman–Crippen LogP) is 12.9. The largest absolute Gasteiger partial charge is 0.309 e. The van der Waals surface area contributed by atoms with Crippen LogP contribution in [0.1, 0.15) is 0 Å². The third-order valence-corrected chi connectivity index (χ3v) is 10.7. The molecule has 7 aromatic carbocycles. The van der Waals surface area contributed by atoms with Gasteiger partial charge in [0.15, 0.2) is 0 Å². The fraction of sp³-hybridized carbons (Fsp3) is 0. The monoisotopic (exact) mass is 676 g/mol. The number of hydrogen-bond donors (Lipinski definition) is 0. The van der Waals surface area contributed by atoms with Crippen molar-refractivity contribution in [2.75, 3.05) is 4.90 Å². The maximum Gasteiger partial charge on any atom is 0.0729 e. The van der Waals surface area contributed by atoms with E-state index in [4.69, 9.17) is 4.98 Å². The summed E-state index contributed by atoms with van der Waals surface area (Å²) in [6.45, 7) is 0. The van der Waals surface area contributed by atoms with E-state index in [0.717, 1.165) is 45.2 Å². The highest BCUT2D eigenvalue weighted by atomic mass is 15.2. The third kappa shape index (κ3) is 4.39. The smallest absolute Gasteiger partial charge is 0.0729 e. The highest BCUT2D eigenvalue weighted by Crippen LogP contribution is 2.55. The van der Waals surface area contributed by atoms with Gasteiger partial charge in [-0.25, -0.2) is 0 Å². The second kappa shape index (κ2) is 11.7. The molecule has 0 fully saturated rings. The Morgan fingerprint density at radius 1 is 0.377 bits per heavy atom. The maximum absolute atomic E-state index is 5.11. The molecule has 4 heteroatoms. The van der Waals surface area contributed by atoms with E-state index >= 15 is 0 Å². The van der Waals surface area contributed by atoms with Gasteiger partial charge < -0.3 is 14.0 Å². The van der Waals surface area contributed by atoms with Gasteiger partial charge in [0.25, 0.3) is 0 Å². The van der Waals surface area contributed by atoms with Crippen molar-refractivity contribution < 1.29 is 0 Å². The van der Waals surface area contributed by atoms with Crippen LogP contribution < -0.4 is 4.90 Å². The molecule has 4 nitrogen and oxygen atoms in total. The van der Waals surface area contributed by atoms with Crippen LogP contribution in [-0.2, 0) is 0 Å². The van der Waals surface area contributed by atoms with Gasteiger partial charge in [0.1, 0.15) is 0 Å². The van der Waals surface area contributed by atoms with Crippen molar-refractivity contribution in [2.24, 2.45) is 0 Å². The third-order valence-electron chi connectivity index (χ3n) is 10.7. The van der Waals surface area contributed by atoms with Crippen molar-refractivity contribution in [2.45, 2.75) is 0 Å². The van der Waals surface area contributed by atoms with Gasteiger partial charge in [-0.05, 0) is 66.7 Å². The van der Waals surface area contributed by atoms with Crippen LogP contribution in [0.2, 0.25) is 0 Å². The average molecular weight is 677 g/mol. The molecule has 0 saturated heterocycles. The van der Waals surface area contributed by atoms with Gasteiger partial charge >= 0.3 is 0 Å². The second-order valence-corrected chi connectivity index (χ2v) is 13.6. The lowest BCUT2D eigenvalue weighted by Crippen LogP contribution is -2.11. The standard InChI is InChI=1S/C49H32N4/c1-3-16-33(17-4-1)51-44-27-13-9-22-39(44)48-47-38(24-15-29-46(47)53(34-18-5-2-6-19-34)49(48)40-23-10-14-28-45(40)51)41-32-35(30-31-50-41)52-42-25-11-7-20-36(42)37-21-8-12-26-43(37)52/h1-32H. The fourth-order valence-corrected chi connectivity index (χ4v) is 8.56. The molecule has 3 aromatic heterocycles. The Morgan fingerprint density at radius 2 is 0.925 bits per heavy atom. The van der Waals surface area contributed by atoms with Gasteiger partial charge in [-0.15, -0.1) is 0 Å². The summed E-state index contributed by atoms with van der Waals surface area (Å²) in [7, 11) is 0. The molecule has 0 spiro atoms. The van der Waals surface area contributed by atoms with E-state index in [0.29, 0.717) is 0 Å². The van der Waals surface area contributed by atoms with Crippen molar-refractivity contribution in [1.82, 2.24) is 14.1 Å². The summed E-state index contributed by atoms with van der Waals surface area (Å²) < 4.78 is 4.82. The lowest BCUT2D eigenvalue weighted by molar-refractivity contribution is 1.13. The van der Waals surface area contributed by atoms with E-state index < -0.39 is 0 Å². The van der Waals surface area contributed by atoms with Crippen LogP contribution in [0.3, 0.4) is 0 Å². The molecule has 1 aliphatic rings. The number of nitrogens with zero attached hydrogens (tertiary/aromatic N) is 4. The SMILES string of the molecule is c1ccc(N2c3ccccc3-c3c(n(-c4ccccc4)c4cccc(-c5cc(-n6c7ccccc7c7ccccc76)ccn5)c34)-c3ccccc32)cc1. The zero-order valence-corrected chi connectivity index (χ0v) is 28.8. The van der Waals surface area contributed by atoms with Crippen LogP contribution in [0, 0.1) is 0 Å². The average Bonchev–Trinajstić information content (AvgIpc) is 3.72. The quantitative estimate of drug-likeness (QED) is 0.185. The molecule has 0 atom stereocenters. The first-order chi connectivity index (χ1) is 26.3. The Morgan fingerprint density at radius 3 is 1.64 bits per heavy atom. The molecule has 1 aliphatic heterocycles. The maximum atomic E-state index is 5.11. The van der Waals surface area contributed by atoms with E-state index in [2.05, 4.69) is 202 Å². The molecule has 10 aromatic rings. The number of aromatic nitrogens is 3. The van der Waals surface area contributed by atoms with Crippen LogP contribution >= 0.6 is 0 Å². The van der Waals surface area contributed by atoms with Gasteiger partial charge in [0.05, 0.1) is 39.3 Å². The van der Waals surface area contributed by atoms with E-state index in [1.807, 2.05) is 6.20 Å². The molecule has 248 valence electrons. The van der Waals surface area contributed by atoms with Crippen LogP contribution in [0.25, 0.3) is 77.7 Å². The van der Waals surface area contributed by atoms with Gasteiger partial charge in [-0.2, -0.15) is 0 Å².